The van der Waals surface area contributed by atoms with E-state index in [1.54, 1.807) is 0 Å². The van der Waals surface area contributed by atoms with Gasteiger partial charge in [0.2, 0.25) is 0 Å². The first-order valence-electron chi connectivity index (χ1n) is 5.68. The van der Waals surface area contributed by atoms with Gasteiger partial charge in [0.15, 0.2) is 0 Å². The Balaban J connectivity index is 1.98. The van der Waals surface area contributed by atoms with Crippen molar-refractivity contribution in [2.75, 3.05) is 19.6 Å². The van der Waals surface area contributed by atoms with E-state index >= 15 is 0 Å². The fourth-order valence-electron chi connectivity index (χ4n) is 2.92. The van der Waals surface area contributed by atoms with E-state index in [9.17, 15) is 0 Å². The summed E-state index contributed by atoms with van der Waals surface area (Å²) in [6.07, 6.45) is 5.49. The minimum absolute atomic E-state index is 0.474. The number of rotatable bonds is 1. The van der Waals surface area contributed by atoms with E-state index < -0.39 is 0 Å². The van der Waals surface area contributed by atoms with E-state index in [0.717, 1.165) is 6.04 Å². The third-order valence-electron chi connectivity index (χ3n) is 3.71. The van der Waals surface area contributed by atoms with E-state index in [-0.39, 0.29) is 0 Å². The molecule has 0 aliphatic carbocycles. The molecule has 13 heavy (non-hydrogen) atoms. The number of hydrogen-bond acceptors (Lipinski definition) is 2. The SMILES string of the molecule is CC1(C)CCCN1C1CCNCC1. The zero-order valence-corrected chi connectivity index (χ0v) is 8.97. The molecule has 0 unspecified atom stereocenters. The van der Waals surface area contributed by atoms with Crippen LogP contribution in [0, 0.1) is 0 Å². The number of likely N-dealkylation sites (tertiary alicyclic amines) is 1. The van der Waals surface area contributed by atoms with Crippen LogP contribution in [-0.4, -0.2) is 36.1 Å². The first kappa shape index (κ1) is 9.47. The zero-order valence-electron chi connectivity index (χ0n) is 8.97. The predicted octanol–water partition coefficient (Wildman–Crippen LogP) is 1.61. The van der Waals surface area contributed by atoms with Crippen molar-refractivity contribution in [1.29, 1.82) is 0 Å². The van der Waals surface area contributed by atoms with Crippen LogP contribution in [0.4, 0.5) is 0 Å². The molecule has 76 valence electrons. The number of nitrogens with zero attached hydrogens (tertiary/aromatic N) is 1. The number of nitrogens with one attached hydrogen (secondary N) is 1. The standard InChI is InChI=1S/C11H22N2/c1-11(2)6-3-9-13(11)10-4-7-12-8-5-10/h10,12H,3-9H2,1-2H3. The van der Waals surface area contributed by atoms with Crippen LogP contribution in [0.2, 0.25) is 0 Å². The highest BCUT2D eigenvalue weighted by molar-refractivity contribution is 4.93. The summed E-state index contributed by atoms with van der Waals surface area (Å²) in [6.45, 7) is 8.58. The first-order valence-corrected chi connectivity index (χ1v) is 5.68. The van der Waals surface area contributed by atoms with Gasteiger partial charge in [-0.3, -0.25) is 4.90 Å². The van der Waals surface area contributed by atoms with Crippen LogP contribution in [0.3, 0.4) is 0 Å². The molecule has 0 saturated carbocycles. The lowest BCUT2D eigenvalue weighted by Gasteiger charge is -2.40. The highest BCUT2D eigenvalue weighted by atomic mass is 15.2. The average molecular weight is 182 g/mol. The van der Waals surface area contributed by atoms with Gasteiger partial charge in [0.1, 0.15) is 0 Å². The van der Waals surface area contributed by atoms with Crippen LogP contribution in [0.25, 0.3) is 0 Å². The smallest absolute Gasteiger partial charge is 0.0156 e. The Morgan fingerprint density at radius 2 is 1.92 bits per heavy atom. The topological polar surface area (TPSA) is 15.3 Å². The highest BCUT2D eigenvalue weighted by Crippen LogP contribution is 2.32. The zero-order chi connectivity index (χ0) is 9.31. The Labute approximate surface area is 81.7 Å². The molecule has 2 fully saturated rings. The lowest BCUT2D eigenvalue weighted by molar-refractivity contribution is 0.0940. The minimum atomic E-state index is 0.474. The Bertz CT molecular complexity index is 171. The van der Waals surface area contributed by atoms with Gasteiger partial charge < -0.3 is 5.32 Å². The van der Waals surface area contributed by atoms with Crippen LogP contribution in [-0.2, 0) is 0 Å². The van der Waals surface area contributed by atoms with Crippen LogP contribution in [0.5, 0.6) is 0 Å². The molecule has 2 rings (SSSR count). The molecule has 1 N–H and O–H groups in total. The van der Waals surface area contributed by atoms with Gasteiger partial charge in [0, 0.05) is 11.6 Å². The summed E-state index contributed by atoms with van der Waals surface area (Å²) in [5, 5.41) is 3.44. The van der Waals surface area contributed by atoms with E-state index in [0.29, 0.717) is 5.54 Å². The summed E-state index contributed by atoms with van der Waals surface area (Å²) in [4.78, 5) is 2.74. The molecule has 2 nitrogen and oxygen atoms in total. The fraction of sp³-hybridized carbons (Fsp3) is 1.00. The number of piperidine rings is 1. The van der Waals surface area contributed by atoms with Gasteiger partial charge >= 0.3 is 0 Å². The molecule has 0 amide bonds. The maximum atomic E-state index is 3.44. The second kappa shape index (κ2) is 3.58. The van der Waals surface area contributed by atoms with E-state index in [4.69, 9.17) is 0 Å². The van der Waals surface area contributed by atoms with Gasteiger partial charge in [0.05, 0.1) is 0 Å². The molecule has 2 saturated heterocycles. The second-order valence-electron chi connectivity index (χ2n) is 5.09. The lowest BCUT2D eigenvalue weighted by atomic mass is 9.97. The van der Waals surface area contributed by atoms with Crippen molar-refractivity contribution >= 4 is 0 Å². The Morgan fingerprint density at radius 3 is 2.46 bits per heavy atom. The van der Waals surface area contributed by atoms with E-state index in [1.807, 2.05) is 0 Å². The predicted molar refractivity (Wildman–Crippen MR) is 55.9 cm³/mol. The molecule has 0 bridgehead atoms. The molecule has 2 heterocycles. The lowest BCUT2D eigenvalue weighted by Crippen LogP contribution is -2.49. The highest BCUT2D eigenvalue weighted by Gasteiger charge is 2.36. The monoisotopic (exact) mass is 182 g/mol. The van der Waals surface area contributed by atoms with Crippen molar-refractivity contribution in [3.63, 3.8) is 0 Å². The van der Waals surface area contributed by atoms with Crippen molar-refractivity contribution < 1.29 is 0 Å². The van der Waals surface area contributed by atoms with Gasteiger partial charge in [-0.25, -0.2) is 0 Å². The van der Waals surface area contributed by atoms with Gasteiger partial charge in [-0.15, -0.1) is 0 Å². The van der Waals surface area contributed by atoms with Crippen molar-refractivity contribution in [1.82, 2.24) is 10.2 Å². The third-order valence-corrected chi connectivity index (χ3v) is 3.71. The van der Waals surface area contributed by atoms with E-state index in [1.165, 1.54) is 45.3 Å². The first-order chi connectivity index (χ1) is 6.20. The van der Waals surface area contributed by atoms with Gasteiger partial charge in [0.25, 0.3) is 0 Å². The normalized spacial score (nSPS) is 30.9. The Hall–Kier alpha value is -0.0800. The van der Waals surface area contributed by atoms with Gasteiger partial charge in [-0.1, -0.05) is 0 Å². The van der Waals surface area contributed by atoms with Crippen LogP contribution in [0.15, 0.2) is 0 Å². The molecule has 2 heteroatoms. The molecule has 2 aliphatic rings. The Morgan fingerprint density at radius 1 is 1.23 bits per heavy atom. The van der Waals surface area contributed by atoms with Gasteiger partial charge in [-0.05, 0) is 59.2 Å². The summed E-state index contributed by atoms with van der Waals surface area (Å²) < 4.78 is 0. The van der Waals surface area contributed by atoms with Crippen molar-refractivity contribution in [2.45, 2.75) is 51.1 Å². The van der Waals surface area contributed by atoms with Gasteiger partial charge in [-0.2, -0.15) is 0 Å². The average Bonchev–Trinajstić information content (AvgIpc) is 2.47. The molecule has 0 aromatic rings. The maximum absolute atomic E-state index is 3.44. The van der Waals surface area contributed by atoms with Crippen molar-refractivity contribution in [3.05, 3.63) is 0 Å². The van der Waals surface area contributed by atoms with Crippen LogP contribution in [0.1, 0.15) is 39.5 Å². The molecular weight excluding hydrogens is 160 g/mol. The summed E-state index contributed by atoms with van der Waals surface area (Å²) in [5.41, 5.74) is 0.474. The molecule has 0 aromatic carbocycles. The van der Waals surface area contributed by atoms with Crippen LogP contribution >= 0.6 is 0 Å². The molecule has 0 aromatic heterocycles. The fourth-order valence-corrected chi connectivity index (χ4v) is 2.92. The quantitative estimate of drug-likeness (QED) is 0.663. The summed E-state index contributed by atoms with van der Waals surface area (Å²) in [7, 11) is 0. The van der Waals surface area contributed by atoms with Crippen LogP contribution < -0.4 is 5.32 Å². The summed E-state index contributed by atoms with van der Waals surface area (Å²) in [5.74, 6) is 0. The molecule has 0 atom stereocenters. The van der Waals surface area contributed by atoms with Crippen molar-refractivity contribution in [2.24, 2.45) is 0 Å². The number of hydrogen-bond donors (Lipinski definition) is 1. The summed E-state index contributed by atoms with van der Waals surface area (Å²) in [6, 6.07) is 0.860. The maximum Gasteiger partial charge on any atom is 0.0156 e. The second-order valence-corrected chi connectivity index (χ2v) is 5.09. The van der Waals surface area contributed by atoms with Crippen molar-refractivity contribution in [3.8, 4) is 0 Å². The Kier molecular flexibility index (Phi) is 2.61. The largest absolute Gasteiger partial charge is 0.317 e. The molecule has 2 aliphatic heterocycles. The third kappa shape index (κ3) is 1.89. The molecular formula is C11H22N2. The molecule has 0 radical (unpaired) electrons. The molecule has 0 spiro atoms. The van der Waals surface area contributed by atoms with E-state index in [2.05, 4.69) is 24.1 Å². The minimum Gasteiger partial charge on any atom is -0.317 e. The summed E-state index contributed by atoms with van der Waals surface area (Å²) >= 11 is 0.